The number of para-hydroxylation sites is 2. The number of anilines is 1. The van der Waals surface area contributed by atoms with E-state index in [1.54, 1.807) is 11.8 Å². The number of carbonyl (C=O) groups excluding carboxylic acids is 2. The van der Waals surface area contributed by atoms with Gasteiger partial charge < -0.3 is 14.6 Å². The first kappa shape index (κ1) is 15.4. The molecule has 1 aliphatic heterocycles. The van der Waals surface area contributed by atoms with Crippen LogP contribution in [0.15, 0.2) is 54.6 Å². The number of hydrogen-bond acceptors (Lipinski definition) is 3. The van der Waals surface area contributed by atoms with Crippen molar-refractivity contribution >= 4 is 28.5 Å². The number of nitrogens with one attached hydrogen (secondary N) is 1. The Hall–Kier alpha value is -3.08. The van der Waals surface area contributed by atoms with E-state index in [0.717, 1.165) is 22.2 Å². The maximum atomic E-state index is 13.1. The maximum absolute atomic E-state index is 13.1. The molecule has 0 saturated carbocycles. The largest absolute Gasteiger partial charge is 0.465 e. The van der Waals surface area contributed by atoms with Gasteiger partial charge in [0.05, 0.1) is 6.61 Å². The molecular weight excluding hydrogens is 316 g/mol. The van der Waals surface area contributed by atoms with E-state index in [-0.39, 0.29) is 18.4 Å². The molecule has 1 N–H and O–H groups in total. The summed E-state index contributed by atoms with van der Waals surface area (Å²) in [5, 5.41) is 0.900. The Morgan fingerprint density at radius 1 is 1.16 bits per heavy atom. The van der Waals surface area contributed by atoms with Gasteiger partial charge in [0.25, 0.3) is 5.91 Å². The number of esters is 1. The third-order valence-electron chi connectivity index (χ3n) is 4.56. The summed E-state index contributed by atoms with van der Waals surface area (Å²) in [5.41, 5.74) is 2.83. The highest BCUT2D eigenvalue weighted by atomic mass is 16.5. The fourth-order valence-electron chi connectivity index (χ4n) is 3.45. The molecule has 2 aromatic carbocycles. The number of rotatable bonds is 3. The predicted octanol–water partition coefficient (Wildman–Crippen LogP) is 3.48. The van der Waals surface area contributed by atoms with Crippen LogP contribution in [0.25, 0.3) is 10.9 Å². The minimum atomic E-state index is -0.510. The van der Waals surface area contributed by atoms with Crippen molar-refractivity contribution in [3.05, 3.63) is 65.9 Å². The summed E-state index contributed by atoms with van der Waals surface area (Å²) in [7, 11) is 0. The van der Waals surface area contributed by atoms with Crippen molar-refractivity contribution in [1.82, 2.24) is 4.98 Å². The van der Waals surface area contributed by atoms with Crippen LogP contribution < -0.4 is 4.90 Å². The lowest BCUT2D eigenvalue weighted by Crippen LogP contribution is -2.42. The SMILES string of the molecule is CCOC(=O)C1CN(c2ccccc2)C(=O)c2[nH]c3ccccc3c21. The minimum Gasteiger partial charge on any atom is -0.465 e. The molecule has 0 aliphatic carbocycles. The number of H-pyrrole nitrogens is 1. The second kappa shape index (κ2) is 6.09. The van der Waals surface area contributed by atoms with Gasteiger partial charge in [0.2, 0.25) is 0 Å². The molecule has 0 fully saturated rings. The maximum Gasteiger partial charge on any atom is 0.315 e. The molecule has 126 valence electrons. The molecule has 0 bridgehead atoms. The van der Waals surface area contributed by atoms with Crippen molar-refractivity contribution in [2.75, 3.05) is 18.1 Å². The lowest BCUT2D eigenvalue weighted by Gasteiger charge is -2.31. The van der Waals surface area contributed by atoms with Crippen molar-refractivity contribution in [3.63, 3.8) is 0 Å². The normalized spacial score (nSPS) is 16.8. The summed E-state index contributed by atoms with van der Waals surface area (Å²) >= 11 is 0. The summed E-state index contributed by atoms with van der Waals surface area (Å²) < 4.78 is 5.29. The van der Waals surface area contributed by atoms with E-state index in [4.69, 9.17) is 4.74 Å². The number of hydrogen-bond donors (Lipinski definition) is 1. The first-order valence-electron chi connectivity index (χ1n) is 8.35. The fraction of sp³-hybridized carbons (Fsp3) is 0.200. The molecular formula is C20H18N2O3. The number of fused-ring (bicyclic) bond motifs is 3. The molecule has 0 radical (unpaired) electrons. The molecule has 5 heteroatoms. The van der Waals surface area contributed by atoms with Crippen LogP contribution in [0.2, 0.25) is 0 Å². The Labute approximate surface area is 145 Å². The lowest BCUT2D eigenvalue weighted by atomic mass is 9.91. The van der Waals surface area contributed by atoms with Gasteiger partial charge in [-0.1, -0.05) is 36.4 Å². The van der Waals surface area contributed by atoms with Crippen LogP contribution in [0.4, 0.5) is 5.69 Å². The van der Waals surface area contributed by atoms with Gasteiger partial charge in [-0.25, -0.2) is 0 Å². The zero-order valence-electron chi connectivity index (χ0n) is 13.9. The molecule has 4 rings (SSSR count). The predicted molar refractivity (Wildman–Crippen MR) is 95.8 cm³/mol. The van der Waals surface area contributed by atoms with Crippen LogP contribution in [-0.4, -0.2) is 30.0 Å². The number of benzene rings is 2. The highest BCUT2D eigenvalue weighted by Crippen LogP contribution is 2.37. The zero-order valence-corrected chi connectivity index (χ0v) is 13.9. The fourth-order valence-corrected chi connectivity index (χ4v) is 3.45. The monoisotopic (exact) mass is 334 g/mol. The molecule has 1 unspecified atom stereocenters. The Kier molecular flexibility index (Phi) is 3.76. The molecule has 1 atom stereocenters. The summed E-state index contributed by atoms with van der Waals surface area (Å²) in [6, 6.07) is 17.1. The first-order valence-corrected chi connectivity index (χ1v) is 8.35. The van der Waals surface area contributed by atoms with Gasteiger partial charge in [-0.05, 0) is 25.1 Å². The summed E-state index contributed by atoms with van der Waals surface area (Å²) in [6.07, 6.45) is 0. The third-order valence-corrected chi connectivity index (χ3v) is 4.56. The van der Waals surface area contributed by atoms with E-state index in [1.807, 2.05) is 54.6 Å². The summed E-state index contributed by atoms with van der Waals surface area (Å²) in [4.78, 5) is 30.5. The van der Waals surface area contributed by atoms with E-state index >= 15 is 0 Å². The van der Waals surface area contributed by atoms with E-state index in [1.165, 1.54) is 0 Å². The van der Waals surface area contributed by atoms with Crippen molar-refractivity contribution in [2.24, 2.45) is 0 Å². The van der Waals surface area contributed by atoms with Crippen molar-refractivity contribution < 1.29 is 14.3 Å². The highest BCUT2D eigenvalue weighted by molar-refractivity contribution is 6.13. The molecule has 0 spiro atoms. The minimum absolute atomic E-state index is 0.127. The molecule has 5 nitrogen and oxygen atoms in total. The van der Waals surface area contributed by atoms with Crippen LogP contribution in [0, 0.1) is 0 Å². The molecule has 1 aliphatic rings. The van der Waals surface area contributed by atoms with Crippen LogP contribution >= 0.6 is 0 Å². The Morgan fingerprint density at radius 2 is 1.88 bits per heavy atom. The van der Waals surface area contributed by atoms with Gasteiger partial charge in [-0.15, -0.1) is 0 Å². The van der Waals surface area contributed by atoms with Gasteiger partial charge in [0.1, 0.15) is 11.6 Å². The molecule has 2 heterocycles. The lowest BCUT2D eigenvalue weighted by molar-refractivity contribution is -0.144. The van der Waals surface area contributed by atoms with Gasteiger partial charge in [0, 0.05) is 28.7 Å². The molecule has 1 aromatic heterocycles. The number of aromatic amines is 1. The van der Waals surface area contributed by atoms with Crippen LogP contribution in [-0.2, 0) is 9.53 Å². The van der Waals surface area contributed by atoms with E-state index < -0.39 is 5.92 Å². The average molecular weight is 334 g/mol. The quantitative estimate of drug-likeness (QED) is 0.746. The zero-order chi connectivity index (χ0) is 17.4. The van der Waals surface area contributed by atoms with Gasteiger partial charge >= 0.3 is 5.97 Å². The second-order valence-electron chi connectivity index (χ2n) is 6.02. The van der Waals surface area contributed by atoms with Crippen LogP contribution in [0.1, 0.15) is 28.9 Å². The average Bonchev–Trinajstić information content (AvgIpc) is 3.03. The molecule has 3 aromatic rings. The van der Waals surface area contributed by atoms with Crippen molar-refractivity contribution in [3.8, 4) is 0 Å². The van der Waals surface area contributed by atoms with Crippen LogP contribution in [0.3, 0.4) is 0 Å². The molecule has 25 heavy (non-hydrogen) atoms. The Morgan fingerprint density at radius 3 is 2.64 bits per heavy atom. The second-order valence-corrected chi connectivity index (χ2v) is 6.02. The Bertz CT molecular complexity index is 946. The van der Waals surface area contributed by atoms with Crippen molar-refractivity contribution in [2.45, 2.75) is 12.8 Å². The third kappa shape index (κ3) is 2.48. The topological polar surface area (TPSA) is 62.4 Å². The first-order chi connectivity index (χ1) is 12.2. The smallest absolute Gasteiger partial charge is 0.315 e. The van der Waals surface area contributed by atoms with Gasteiger partial charge in [-0.3, -0.25) is 9.59 Å². The Balaban J connectivity index is 1.88. The van der Waals surface area contributed by atoms with E-state index in [2.05, 4.69) is 4.98 Å². The van der Waals surface area contributed by atoms with Gasteiger partial charge in [-0.2, -0.15) is 0 Å². The standard InChI is InChI=1S/C20H18N2O3/c1-2-25-20(24)15-12-22(13-8-4-3-5-9-13)19(23)18-17(15)14-10-6-7-11-16(14)21-18/h3-11,15,21H,2,12H2,1H3. The van der Waals surface area contributed by atoms with Gasteiger partial charge in [0.15, 0.2) is 0 Å². The van der Waals surface area contributed by atoms with E-state index in [0.29, 0.717) is 12.3 Å². The molecule has 0 saturated heterocycles. The highest BCUT2D eigenvalue weighted by Gasteiger charge is 2.39. The summed E-state index contributed by atoms with van der Waals surface area (Å²) in [5.74, 6) is -0.941. The number of carbonyl (C=O) groups is 2. The molecule has 1 amide bonds. The van der Waals surface area contributed by atoms with Crippen LogP contribution in [0.5, 0.6) is 0 Å². The van der Waals surface area contributed by atoms with E-state index in [9.17, 15) is 9.59 Å². The number of aromatic nitrogens is 1. The summed E-state index contributed by atoms with van der Waals surface area (Å²) in [6.45, 7) is 2.37. The number of ether oxygens (including phenoxy) is 1. The number of amides is 1. The number of nitrogens with zero attached hydrogens (tertiary/aromatic N) is 1. The van der Waals surface area contributed by atoms with Crippen molar-refractivity contribution in [1.29, 1.82) is 0 Å².